The van der Waals surface area contributed by atoms with Crippen LogP contribution < -0.4 is 16.0 Å². The minimum Gasteiger partial charge on any atom is -0.481 e. The molecule has 17 heteroatoms. The van der Waals surface area contributed by atoms with Gasteiger partial charge in [-0.05, 0) is 12.0 Å². The number of carboxylic acids is 2. The van der Waals surface area contributed by atoms with Crippen LogP contribution in [-0.4, -0.2) is 116 Å². The second kappa shape index (κ2) is 21.8. The van der Waals surface area contributed by atoms with Crippen LogP contribution in [0.25, 0.3) is 10.4 Å². The number of aliphatic carboxylic acids is 2. The smallest absolute Gasteiger partial charge is 0.305 e. The van der Waals surface area contributed by atoms with Crippen molar-refractivity contribution in [3.8, 4) is 0 Å². The van der Waals surface area contributed by atoms with Gasteiger partial charge in [-0.1, -0.05) is 5.11 Å². The topological polar surface area (TPSA) is 235 Å². The summed E-state index contributed by atoms with van der Waals surface area (Å²) in [5.74, 6) is -0.837. The maximum Gasteiger partial charge on any atom is 0.305 e. The van der Waals surface area contributed by atoms with Gasteiger partial charge in [-0.3, -0.25) is 9.59 Å². The highest BCUT2D eigenvalue weighted by atomic mass is 16.5. The molecule has 0 fully saturated rings. The summed E-state index contributed by atoms with van der Waals surface area (Å²) >= 11 is 0. The van der Waals surface area contributed by atoms with Crippen molar-refractivity contribution >= 4 is 29.8 Å². The summed E-state index contributed by atoms with van der Waals surface area (Å²) in [6, 6.07) is 0. The summed E-state index contributed by atoms with van der Waals surface area (Å²) in [5, 5.41) is 29.7. The maximum atomic E-state index is 10.4. The van der Waals surface area contributed by atoms with Gasteiger partial charge in [-0.25, -0.2) is 0 Å². The molecule has 1 aromatic heterocycles. The number of azide groups is 1. The Hall–Kier alpha value is -3.50. The van der Waals surface area contributed by atoms with Crippen molar-refractivity contribution in [3.63, 3.8) is 0 Å². The minimum absolute atomic E-state index is 0.0473. The number of rotatable bonds is 25. The van der Waals surface area contributed by atoms with E-state index in [2.05, 4.69) is 40.9 Å². The zero-order valence-electron chi connectivity index (χ0n) is 20.6. The zero-order valence-corrected chi connectivity index (χ0v) is 20.6. The number of nitrogens with one attached hydrogen (secondary N) is 3. The number of nitrogens with zero attached hydrogens (tertiary/aromatic N) is 6. The van der Waals surface area contributed by atoms with Crippen LogP contribution in [0.15, 0.2) is 5.11 Å². The Labute approximate surface area is 213 Å². The first-order valence-electron chi connectivity index (χ1n) is 11.7. The van der Waals surface area contributed by atoms with Crippen molar-refractivity contribution < 1.29 is 38.7 Å². The van der Waals surface area contributed by atoms with E-state index in [1.54, 1.807) is 0 Å². The van der Waals surface area contributed by atoms with E-state index in [0.29, 0.717) is 90.1 Å². The highest BCUT2D eigenvalue weighted by molar-refractivity contribution is 5.67. The molecule has 0 aliphatic heterocycles. The third kappa shape index (κ3) is 19.4. The minimum atomic E-state index is -0.909. The van der Waals surface area contributed by atoms with Crippen LogP contribution in [0.1, 0.15) is 19.3 Å². The lowest BCUT2D eigenvalue weighted by molar-refractivity contribution is -0.139. The predicted molar refractivity (Wildman–Crippen MR) is 132 cm³/mol. The molecule has 1 heterocycles. The van der Waals surface area contributed by atoms with Gasteiger partial charge in [-0.2, -0.15) is 15.0 Å². The molecule has 0 aromatic carbocycles. The Morgan fingerprint density at radius 1 is 0.703 bits per heavy atom. The lowest BCUT2D eigenvalue weighted by Gasteiger charge is -2.12. The molecule has 0 bridgehead atoms. The summed E-state index contributed by atoms with van der Waals surface area (Å²) in [4.78, 5) is 36.5. The average molecular weight is 530 g/mol. The van der Waals surface area contributed by atoms with E-state index in [4.69, 9.17) is 34.7 Å². The molecule has 208 valence electrons. The molecule has 37 heavy (non-hydrogen) atoms. The van der Waals surface area contributed by atoms with Crippen LogP contribution in [-0.2, 0) is 28.5 Å². The molecule has 0 atom stereocenters. The fourth-order valence-corrected chi connectivity index (χ4v) is 2.44. The SMILES string of the molecule is [N-]=[N+]=NCCCNc1nc(NCCOCCOCCC(=O)O)nc(NCCOCCOCCC(=O)O)n1. The number of hydrogen-bond acceptors (Lipinski definition) is 13. The molecule has 1 aromatic rings. The molecule has 17 nitrogen and oxygen atoms in total. The summed E-state index contributed by atoms with van der Waals surface area (Å²) in [7, 11) is 0. The number of carbonyl (C=O) groups is 2. The quantitative estimate of drug-likeness (QED) is 0.0510. The van der Waals surface area contributed by atoms with E-state index in [0.717, 1.165) is 0 Å². The number of hydrogen-bond donors (Lipinski definition) is 5. The number of anilines is 3. The van der Waals surface area contributed by atoms with Gasteiger partial charge in [0.2, 0.25) is 17.8 Å². The molecule has 0 aliphatic carbocycles. The molecule has 0 saturated carbocycles. The van der Waals surface area contributed by atoms with Crippen molar-refractivity contribution in [1.29, 1.82) is 0 Å². The van der Waals surface area contributed by atoms with E-state index < -0.39 is 11.9 Å². The molecule has 0 radical (unpaired) electrons. The Kier molecular flexibility index (Phi) is 18.5. The third-order valence-electron chi connectivity index (χ3n) is 4.14. The average Bonchev–Trinajstić information content (AvgIpc) is 2.86. The molecule has 0 aliphatic rings. The number of ether oxygens (including phenoxy) is 4. The van der Waals surface area contributed by atoms with Gasteiger partial charge in [-0.15, -0.1) is 0 Å². The third-order valence-corrected chi connectivity index (χ3v) is 4.14. The normalized spacial score (nSPS) is 10.5. The van der Waals surface area contributed by atoms with E-state index in [9.17, 15) is 9.59 Å². The van der Waals surface area contributed by atoms with Gasteiger partial charge in [0, 0.05) is 31.1 Å². The molecule has 5 N–H and O–H groups in total. The standard InChI is InChI=1S/C20H35N9O8/c21-29-25-5-1-4-22-18-26-19(23-6-10-36-14-12-34-8-2-16(30)31)28-20(27-18)24-7-11-37-15-13-35-9-3-17(32)33/h1-15H2,(H,30,31)(H,32,33)(H3,22,23,24,26,27,28). The van der Waals surface area contributed by atoms with Crippen molar-refractivity contribution in [2.45, 2.75) is 19.3 Å². The van der Waals surface area contributed by atoms with E-state index in [-0.39, 0.29) is 26.1 Å². The molecule has 1 rings (SSSR count). The van der Waals surface area contributed by atoms with Crippen LogP contribution in [0.5, 0.6) is 0 Å². The first-order valence-corrected chi connectivity index (χ1v) is 11.7. The Morgan fingerprint density at radius 3 is 1.51 bits per heavy atom. The fraction of sp³-hybridized carbons (Fsp3) is 0.750. The Bertz CT molecular complexity index is 777. The van der Waals surface area contributed by atoms with Gasteiger partial charge in [0.05, 0.1) is 65.7 Å². The molecular formula is C20H35N9O8. The van der Waals surface area contributed by atoms with Gasteiger partial charge >= 0.3 is 11.9 Å². The molecule has 0 spiro atoms. The molecule has 0 amide bonds. The number of aromatic nitrogens is 3. The summed E-state index contributed by atoms with van der Waals surface area (Å²) in [6.07, 6.45) is 0.509. The molecule has 0 unspecified atom stereocenters. The lowest BCUT2D eigenvalue weighted by atomic mass is 10.4. The largest absolute Gasteiger partial charge is 0.481 e. The van der Waals surface area contributed by atoms with Crippen molar-refractivity contribution in [2.24, 2.45) is 5.11 Å². The van der Waals surface area contributed by atoms with Crippen LogP contribution >= 0.6 is 0 Å². The summed E-state index contributed by atoms with van der Waals surface area (Å²) in [5.41, 5.74) is 8.36. The maximum absolute atomic E-state index is 10.4. The van der Waals surface area contributed by atoms with Gasteiger partial charge in [0.15, 0.2) is 0 Å². The second-order valence-corrected chi connectivity index (χ2v) is 7.13. The van der Waals surface area contributed by atoms with Crippen LogP contribution in [0.4, 0.5) is 17.8 Å². The van der Waals surface area contributed by atoms with E-state index in [1.807, 2.05) is 0 Å². The first-order chi connectivity index (χ1) is 18.0. The zero-order chi connectivity index (χ0) is 27.0. The first kappa shape index (κ1) is 31.5. The summed E-state index contributed by atoms with van der Waals surface area (Å²) < 4.78 is 21.2. The van der Waals surface area contributed by atoms with Gasteiger partial charge < -0.3 is 45.1 Å². The highest BCUT2D eigenvalue weighted by Gasteiger charge is 2.06. The van der Waals surface area contributed by atoms with E-state index >= 15 is 0 Å². The summed E-state index contributed by atoms with van der Waals surface area (Å²) in [6.45, 7) is 3.92. The second-order valence-electron chi connectivity index (χ2n) is 7.13. The molecule has 0 saturated heterocycles. The van der Waals surface area contributed by atoms with Crippen LogP contribution in [0.2, 0.25) is 0 Å². The van der Waals surface area contributed by atoms with Gasteiger partial charge in [0.25, 0.3) is 0 Å². The van der Waals surface area contributed by atoms with Crippen molar-refractivity contribution in [3.05, 3.63) is 10.4 Å². The Balaban J connectivity index is 2.39. The van der Waals surface area contributed by atoms with Crippen LogP contribution in [0, 0.1) is 0 Å². The van der Waals surface area contributed by atoms with Crippen molar-refractivity contribution in [2.75, 3.05) is 95.0 Å². The monoisotopic (exact) mass is 529 g/mol. The Morgan fingerprint density at radius 2 is 1.11 bits per heavy atom. The van der Waals surface area contributed by atoms with E-state index in [1.165, 1.54) is 0 Å². The molecular weight excluding hydrogens is 494 g/mol. The van der Waals surface area contributed by atoms with Crippen LogP contribution in [0.3, 0.4) is 0 Å². The fourth-order valence-electron chi connectivity index (χ4n) is 2.44. The highest BCUT2D eigenvalue weighted by Crippen LogP contribution is 2.09. The number of carboxylic acid groups (broad SMARTS) is 2. The van der Waals surface area contributed by atoms with Gasteiger partial charge in [0.1, 0.15) is 0 Å². The van der Waals surface area contributed by atoms with Crippen molar-refractivity contribution in [1.82, 2.24) is 15.0 Å². The predicted octanol–water partition coefficient (Wildman–Crippen LogP) is 0.824. The lowest BCUT2D eigenvalue weighted by Crippen LogP contribution is -2.18.